The quantitative estimate of drug-likeness (QED) is 0.617. The molecule has 0 unspecified atom stereocenters. The summed E-state index contributed by atoms with van der Waals surface area (Å²) in [4.78, 5) is 24.4. The number of halogens is 1. The van der Waals surface area contributed by atoms with E-state index in [0.717, 1.165) is 9.37 Å². The largest absolute Gasteiger partial charge is 0.463 e. The van der Waals surface area contributed by atoms with Crippen LogP contribution in [0.3, 0.4) is 0 Å². The lowest BCUT2D eigenvalue weighted by Crippen LogP contribution is -2.44. The van der Waals surface area contributed by atoms with Crippen LogP contribution in [0.25, 0.3) is 0 Å². The molecular formula is C14H15BrN2O3S. The average Bonchev–Trinajstić information content (AvgIpc) is 2.46. The zero-order valence-corrected chi connectivity index (χ0v) is 13.8. The van der Waals surface area contributed by atoms with Gasteiger partial charge in [0, 0.05) is 20.8 Å². The Bertz CT molecular complexity index is 589. The van der Waals surface area contributed by atoms with E-state index in [4.69, 9.17) is 4.74 Å². The van der Waals surface area contributed by atoms with Crippen molar-refractivity contribution in [3.8, 4) is 0 Å². The van der Waals surface area contributed by atoms with Crippen LogP contribution in [0.15, 0.2) is 44.9 Å². The molecule has 2 rings (SSSR count). The lowest BCUT2D eigenvalue weighted by molar-refractivity contribution is -0.138. The first-order chi connectivity index (χ1) is 10.1. The maximum absolute atomic E-state index is 11.9. The first-order valence-corrected chi connectivity index (χ1v) is 8.21. The molecule has 1 aliphatic rings. The van der Waals surface area contributed by atoms with Crippen LogP contribution in [-0.4, -0.2) is 30.9 Å². The van der Waals surface area contributed by atoms with Gasteiger partial charge >= 0.3 is 12.0 Å². The first-order valence-electron chi connectivity index (χ1n) is 6.43. The van der Waals surface area contributed by atoms with E-state index < -0.39 is 5.97 Å². The van der Waals surface area contributed by atoms with E-state index in [1.165, 1.54) is 11.8 Å². The zero-order chi connectivity index (χ0) is 15.2. The molecule has 112 valence electrons. The van der Waals surface area contributed by atoms with Crippen molar-refractivity contribution in [2.45, 2.75) is 11.8 Å². The predicted molar refractivity (Wildman–Crippen MR) is 85.1 cm³/mol. The lowest BCUT2D eigenvalue weighted by atomic mass is 10.2. The number of hydrogen-bond donors (Lipinski definition) is 2. The molecule has 5 nitrogen and oxygen atoms in total. The molecule has 1 aromatic rings. The van der Waals surface area contributed by atoms with Crippen LogP contribution < -0.4 is 10.6 Å². The van der Waals surface area contributed by atoms with Crippen molar-refractivity contribution in [2.24, 2.45) is 0 Å². The summed E-state index contributed by atoms with van der Waals surface area (Å²) in [6, 6.07) is 7.50. The molecule has 1 heterocycles. The number of amides is 2. The van der Waals surface area contributed by atoms with Gasteiger partial charge in [-0.1, -0.05) is 12.1 Å². The molecule has 0 radical (unpaired) electrons. The molecule has 1 aliphatic heterocycles. The van der Waals surface area contributed by atoms with E-state index in [9.17, 15) is 9.59 Å². The molecule has 2 amide bonds. The smallest absolute Gasteiger partial charge is 0.337 e. The van der Waals surface area contributed by atoms with Crippen LogP contribution in [0, 0.1) is 0 Å². The fourth-order valence-electron chi connectivity index (χ4n) is 1.78. The molecule has 21 heavy (non-hydrogen) atoms. The second kappa shape index (κ2) is 7.51. The Hall–Kier alpha value is -1.47. The minimum absolute atomic E-state index is 0.191. The number of benzene rings is 1. The van der Waals surface area contributed by atoms with Gasteiger partial charge in [0.1, 0.15) is 0 Å². The highest BCUT2D eigenvalue weighted by Gasteiger charge is 2.23. The fraction of sp³-hybridized carbons (Fsp3) is 0.286. The molecule has 0 atom stereocenters. The van der Waals surface area contributed by atoms with Crippen LogP contribution in [0.5, 0.6) is 0 Å². The monoisotopic (exact) mass is 370 g/mol. The van der Waals surface area contributed by atoms with E-state index in [2.05, 4.69) is 26.6 Å². The normalized spacial score (nSPS) is 14.5. The Kier molecular flexibility index (Phi) is 5.69. The number of esters is 1. The van der Waals surface area contributed by atoms with E-state index >= 15 is 0 Å². The number of rotatable bonds is 5. The Morgan fingerprint density at radius 1 is 1.43 bits per heavy atom. The molecular weight excluding hydrogens is 356 g/mol. The molecule has 0 spiro atoms. The molecule has 0 bridgehead atoms. The Morgan fingerprint density at radius 3 is 2.90 bits per heavy atom. The van der Waals surface area contributed by atoms with Crippen molar-refractivity contribution >= 4 is 39.7 Å². The summed E-state index contributed by atoms with van der Waals surface area (Å²) in [5.41, 5.74) is 1.06. The molecule has 0 saturated heterocycles. The Morgan fingerprint density at radius 2 is 2.19 bits per heavy atom. The van der Waals surface area contributed by atoms with Gasteiger partial charge in [-0.15, -0.1) is 11.8 Å². The highest BCUT2D eigenvalue weighted by Crippen LogP contribution is 2.28. The summed E-state index contributed by atoms with van der Waals surface area (Å²) in [5, 5.41) is 5.27. The van der Waals surface area contributed by atoms with Crippen LogP contribution in [0.2, 0.25) is 0 Å². The van der Waals surface area contributed by atoms with Crippen molar-refractivity contribution in [1.82, 2.24) is 10.6 Å². The number of hydrogen-bond acceptors (Lipinski definition) is 4. The third-order valence-corrected chi connectivity index (χ3v) is 4.84. The van der Waals surface area contributed by atoms with Crippen molar-refractivity contribution < 1.29 is 14.3 Å². The van der Waals surface area contributed by atoms with E-state index in [-0.39, 0.29) is 12.6 Å². The van der Waals surface area contributed by atoms with Gasteiger partial charge in [-0.25, -0.2) is 9.59 Å². The van der Waals surface area contributed by atoms with Crippen molar-refractivity contribution in [3.63, 3.8) is 0 Å². The number of nitrogens with one attached hydrogen (secondary N) is 2. The van der Waals surface area contributed by atoms with Gasteiger partial charge in [0.15, 0.2) is 0 Å². The van der Waals surface area contributed by atoms with Gasteiger partial charge in [-0.05, 0) is 35.0 Å². The second-order valence-corrected chi connectivity index (χ2v) is 6.08. The minimum atomic E-state index is -0.396. The maximum atomic E-state index is 11.9. The number of carbonyl (C=O) groups excluding carboxylic acids is 2. The number of urea groups is 1. The molecule has 7 heteroatoms. The molecule has 0 saturated carbocycles. The third kappa shape index (κ3) is 4.25. The molecule has 0 aliphatic carbocycles. The van der Waals surface area contributed by atoms with Crippen molar-refractivity contribution in [1.29, 1.82) is 0 Å². The first kappa shape index (κ1) is 15.9. The van der Waals surface area contributed by atoms with Gasteiger partial charge in [0.25, 0.3) is 0 Å². The van der Waals surface area contributed by atoms with Crippen molar-refractivity contribution in [3.05, 3.63) is 40.0 Å². The SMILES string of the molecule is CCOC(=O)C1=C(CSc2ccccc2Br)NC(=O)NC1. The van der Waals surface area contributed by atoms with Crippen molar-refractivity contribution in [2.75, 3.05) is 18.9 Å². The fourth-order valence-corrected chi connectivity index (χ4v) is 3.34. The molecule has 0 fully saturated rings. The topological polar surface area (TPSA) is 67.4 Å². The van der Waals surface area contributed by atoms with Gasteiger partial charge in [-0.2, -0.15) is 0 Å². The second-order valence-electron chi connectivity index (χ2n) is 4.20. The number of carbonyl (C=O) groups is 2. The van der Waals surface area contributed by atoms with Gasteiger partial charge < -0.3 is 15.4 Å². The number of thioether (sulfide) groups is 1. The summed E-state index contributed by atoms with van der Waals surface area (Å²) in [6.45, 7) is 2.25. The predicted octanol–water partition coefficient (Wildman–Crippen LogP) is 2.67. The van der Waals surface area contributed by atoms with E-state index in [1.54, 1.807) is 6.92 Å². The van der Waals surface area contributed by atoms with Crippen LogP contribution in [-0.2, 0) is 9.53 Å². The van der Waals surface area contributed by atoms with Gasteiger partial charge in [0.05, 0.1) is 18.7 Å². The van der Waals surface area contributed by atoms with E-state index in [0.29, 0.717) is 23.6 Å². The van der Waals surface area contributed by atoms with Crippen LogP contribution in [0.4, 0.5) is 4.79 Å². The highest BCUT2D eigenvalue weighted by atomic mass is 79.9. The van der Waals surface area contributed by atoms with Crippen LogP contribution in [0.1, 0.15) is 6.92 Å². The maximum Gasteiger partial charge on any atom is 0.337 e. The average molecular weight is 371 g/mol. The van der Waals surface area contributed by atoms with E-state index in [1.807, 2.05) is 24.3 Å². The van der Waals surface area contributed by atoms with Gasteiger partial charge in [0.2, 0.25) is 0 Å². The molecule has 1 aromatic carbocycles. The number of ether oxygens (including phenoxy) is 1. The minimum Gasteiger partial charge on any atom is -0.463 e. The molecule has 0 aromatic heterocycles. The highest BCUT2D eigenvalue weighted by molar-refractivity contribution is 9.10. The van der Waals surface area contributed by atoms with Crippen LogP contribution >= 0.6 is 27.7 Å². The standard InChI is InChI=1S/C14H15BrN2O3S/c1-2-20-13(18)9-7-16-14(19)17-11(9)8-21-12-6-4-3-5-10(12)15/h3-6H,2,7-8H2,1H3,(H2,16,17,19). The Labute approximate surface area is 135 Å². The summed E-state index contributed by atoms with van der Waals surface area (Å²) in [5.74, 6) is 0.0946. The summed E-state index contributed by atoms with van der Waals surface area (Å²) >= 11 is 5.01. The zero-order valence-electron chi connectivity index (χ0n) is 11.4. The summed E-state index contributed by atoms with van der Waals surface area (Å²) in [6.07, 6.45) is 0. The van der Waals surface area contributed by atoms with Gasteiger partial charge in [-0.3, -0.25) is 0 Å². The Balaban J connectivity index is 2.14. The molecule has 2 N–H and O–H groups in total. The lowest BCUT2D eigenvalue weighted by Gasteiger charge is -2.21. The third-order valence-electron chi connectivity index (χ3n) is 2.78. The summed E-state index contributed by atoms with van der Waals surface area (Å²) < 4.78 is 6.00. The summed E-state index contributed by atoms with van der Waals surface area (Å²) in [7, 11) is 0.